The van der Waals surface area contributed by atoms with Gasteiger partial charge in [-0.05, 0) is 26.0 Å². The molecule has 0 aliphatic heterocycles. The molecule has 0 aliphatic carbocycles. The van der Waals surface area contributed by atoms with Crippen molar-refractivity contribution in [1.29, 1.82) is 0 Å². The third-order valence-corrected chi connectivity index (χ3v) is 3.70. The first kappa shape index (κ1) is 19.9. The van der Waals surface area contributed by atoms with Crippen LogP contribution in [0.25, 0.3) is 0 Å². The van der Waals surface area contributed by atoms with Crippen molar-refractivity contribution in [1.82, 2.24) is 20.4 Å². The fourth-order valence-corrected chi connectivity index (χ4v) is 2.42. The second-order valence-electron chi connectivity index (χ2n) is 5.74. The van der Waals surface area contributed by atoms with E-state index in [0.29, 0.717) is 11.4 Å². The molecule has 0 saturated heterocycles. The normalized spacial score (nSPS) is 10.3. The topological polar surface area (TPSA) is 128 Å². The SMILES string of the molecule is Cc1nn(CC(=O)NCCNC(=O)COc2ccccc2)c(C)c1[N+](=O)[O-]. The fraction of sp³-hybridized carbons (Fsp3) is 0.353. The highest BCUT2D eigenvalue weighted by Gasteiger charge is 2.22. The molecule has 2 amide bonds. The van der Waals surface area contributed by atoms with E-state index in [1.807, 2.05) is 6.07 Å². The van der Waals surface area contributed by atoms with Crippen LogP contribution in [0.2, 0.25) is 0 Å². The molecule has 2 aromatic rings. The van der Waals surface area contributed by atoms with Gasteiger partial charge < -0.3 is 15.4 Å². The van der Waals surface area contributed by atoms with E-state index >= 15 is 0 Å². The minimum atomic E-state index is -0.515. The van der Waals surface area contributed by atoms with Gasteiger partial charge in [-0.3, -0.25) is 24.4 Å². The molecule has 0 aliphatic rings. The molecule has 27 heavy (non-hydrogen) atoms. The average Bonchev–Trinajstić information content (AvgIpc) is 2.91. The van der Waals surface area contributed by atoms with Crippen LogP contribution in [0.5, 0.6) is 5.75 Å². The number of hydrogen-bond acceptors (Lipinski definition) is 6. The number of nitrogens with zero attached hydrogens (tertiary/aromatic N) is 3. The number of benzene rings is 1. The Hall–Kier alpha value is -3.43. The first-order valence-corrected chi connectivity index (χ1v) is 8.28. The van der Waals surface area contributed by atoms with Crippen LogP contribution in [0.4, 0.5) is 5.69 Å². The van der Waals surface area contributed by atoms with Gasteiger partial charge in [-0.25, -0.2) is 0 Å². The standard InChI is InChI=1S/C17H21N5O5/c1-12-17(22(25)26)13(2)21(20-12)10-15(23)18-8-9-19-16(24)11-27-14-6-4-3-5-7-14/h3-7H,8-11H2,1-2H3,(H,18,23)(H,19,24). The van der Waals surface area contributed by atoms with E-state index in [1.165, 1.54) is 11.6 Å². The second kappa shape index (κ2) is 9.32. The number of para-hydroxylation sites is 1. The number of ether oxygens (including phenoxy) is 1. The van der Waals surface area contributed by atoms with Gasteiger partial charge in [-0.2, -0.15) is 5.10 Å². The summed E-state index contributed by atoms with van der Waals surface area (Å²) in [4.78, 5) is 34.1. The van der Waals surface area contributed by atoms with E-state index < -0.39 is 4.92 Å². The van der Waals surface area contributed by atoms with Crippen LogP contribution in [0.15, 0.2) is 30.3 Å². The van der Waals surface area contributed by atoms with Crippen molar-refractivity contribution in [2.24, 2.45) is 0 Å². The monoisotopic (exact) mass is 375 g/mol. The first-order chi connectivity index (χ1) is 12.9. The number of hydrogen-bond donors (Lipinski definition) is 2. The Balaban J connectivity index is 1.68. The fourth-order valence-electron chi connectivity index (χ4n) is 2.42. The molecule has 2 N–H and O–H groups in total. The number of amides is 2. The Morgan fingerprint density at radius 1 is 1.15 bits per heavy atom. The Labute approximate surface area is 155 Å². The van der Waals surface area contributed by atoms with Crippen LogP contribution in [-0.4, -0.2) is 46.2 Å². The quantitative estimate of drug-likeness (QED) is 0.377. The molecule has 144 valence electrons. The number of carbonyl (C=O) groups is 2. The average molecular weight is 375 g/mol. The number of aromatic nitrogens is 2. The summed E-state index contributed by atoms with van der Waals surface area (Å²) in [5.74, 6) is -0.0625. The molecular formula is C17H21N5O5. The van der Waals surface area contributed by atoms with Gasteiger partial charge in [0.2, 0.25) is 5.91 Å². The van der Waals surface area contributed by atoms with Crippen molar-refractivity contribution < 1.29 is 19.2 Å². The third kappa shape index (κ3) is 5.80. The maximum atomic E-state index is 11.9. The van der Waals surface area contributed by atoms with Gasteiger partial charge in [0.25, 0.3) is 5.91 Å². The maximum absolute atomic E-state index is 11.9. The van der Waals surface area contributed by atoms with E-state index in [2.05, 4.69) is 15.7 Å². The summed E-state index contributed by atoms with van der Waals surface area (Å²) in [6, 6.07) is 8.95. The summed E-state index contributed by atoms with van der Waals surface area (Å²) in [5, 5.41) is 20.2. The lowest BCUT2D eigenvalue weighted by Crippen LogP contribution is -2.38. The summed E-state index contributed by atoms with van der Waals surface area (Å²) in [6.07, 6.45) is 0. The number of carbonyl (C=O) groups excluding carboxylic acids is 2. The number of rotatable bonds is 9. The molecule has 0 atom stereocenters. The van der Waals surface area contributed by atoms with Crippen molar-refractivity contribution in [2.45, 2.75) is 20.4 Å². The van der Waals surface area contributed by atoms with Crippen molar-refractivity contribution in [3.8, 4) is 5.75 Å². The summed E-state index contributed by atoms with van der Waals surface area (Å²) >= 11 is 0. The predicted molar refractivity (Wildman–Crippen MR) is 96.3 cm³/mol. The molecule has 1 heterocycles. The highest BCUT2D eigenvalue weighted by Crippen LogP contribution is 2.21. The molecule has 0 spiro atoms. The molecule has 10 nitrogen and oxygen atoms in total. The molecule has 1 aromatic carbocycles. The lowest BCUT2D eigenvalue weighted by atomic mass is 10.3. The minimum Gasteiger partial charge on any atom is -0.484 e. The molecule has 0 fully saturated rings. The highest BCUT2D eigenvalue weighted by atomic mass is 16.6. The molecule has 2 rings (SSSR count). The van der Waals surface area contributed by atoms with Crippen LogP contribution in [0.3, 0.4) is 0 Å². The lowest BCUT2D eigenvalue weighted by molar-refractivity contribution is -0.386. The van der Waals surface area contributed by atoms with Gasteiger partial charge in [0.15, 0.2) is 6.61 Å². The minimum absolute atomic E-state index is 0.0894. The molecule has 1 aromatic heterocycles. The van der Waals surface area contributed by atoms with Gasteiger partial charge >= 0.3 is 5.69 Å². The van der Waals surface area contributed by atoms with Gasteiger partial charge in [-0.1, -0.05) is 18.2 Å². The Kier molecular flexibility index (Phi) is 6.86. The van der Waals surface area contributed by atoms with Crippen LogP contribution >= 0.6 is 0 Å². The molecular weight excluding hydrogens is 354 g/mol. The molecule has 0 bridgehead atoms. The summed E-state index contributed by atoms with van der Waals surface area (Å²) in [5.41, 5.74) is 0.489. The van der Waals surface area contributed by atoms with Gasteiger partial charge in [0, 0.05) is 13.1 Å². The highest BCUT2D eigenvalue weighted by molar-refractivity contribution is 5.78. The zero-order chi connectivity index (χ0) is 19.8. The van der Waals surface area contributed by atoms with Gasteiger partial charge in [0.1, 0.15) is 23.7 Å². The largest absolute Gasteiger partial charge is 0.484 e. The van der Waals surface area contributed by atoms with E-state index in [1.54, 1.807) is 31.2 Å². The molecule has 0 unspecified atom stereocenters. The van der Waals surface area contributed by atoms with Gasteiger partial charge in [-0.15, -0.1) is 0 Å². The van der Waals surface area contributed by atoms with Crippen molar-refractivity contribution in [3.05, 3.63) is 51.8 Å². The zero-order valence-corrected chi connectivity index (χ0v) is 15.1. The van der Waals surface area contributed by atoms with E-state index in [4.69, 9.17) is 4.74 Å². The predicted octanol–water partition coefficient (Wildman–Crippen LogP) is 0.720. The molecule has 0 radical (unpaired) electrons. The van der Waals surface area contributed by atoms with Crippen molar-refractivity contribution in [2.75, 3.05) is 19.7 Å². The summed E-state index contributed by atoms with van der Waals surface area (Å²) < 4.78 is 6.59. The third-order valence-electron chi connectivity index (χ3n) is 3.70. The number of aryl methyl sites for hydroxylation is 1. The second-order valence-corrected chi connectivity index (χ2v) is 5.74. The van der Waals surface area contributed by atoms with E-state index in [0.717, 1.165) is 0 Å². The van der Waals surface area contributed by atoms with Gasteiger partial charge in [0.05, 0.1) is 4.92 Å². The number of nitro groups is 1. The smallest absolute Gasteiger partial charge is 0.312 e. The summed E-state index contributed by atoms with van der Waals surface area (Å²) in [6.45, 7) is 3.27. The van der Waals surface area contributed by atoms with Crippen LogP contribution < -0.4 is 15.4 Å². The molecule has 10 heteroatoms. The lowest BCUT2D eigenvalue weighted by Gasteiger charge is -2.09. The van der Waals surface area contributed by atoms with Crippen LogP contribution in [-0.2, 0) is 16.1 Å². The zero-order valence-electron chi connectivity index (χ0n) is 15.1. The Morgan fingerprint density at radius 3 is 2.37 bits per heavy atom. The van der Waals surface area contributed by atoms with Crippen molar-refractivity contribution in [3.63, 3.8) is 0 Å². The Morgan fingerprint density at radius 2 is 1.78 bits per heavy atom. The van der Waals surface area contributed by atoms with Crippen LogP contribution in [0, 0.1) is 24.0 Å². The first-order valence-electron chi connectivity index (χ1n) is 8.28. The maximum Gasteiger partial charge on any atom is 0.312 e. The summed E-state index contributed by atoms with van der Waals surface area (Å²) in [7, 11) is 0. The Bertz CT molecular complexity index is 819. The molecule has 0 saturated carbocycles. The van der Waals surface area contributed by atoms with Crippen molar-refractivity contribution >= 4 is 17.5 Å². The van der Waals surface area contributed by atoms with Crippen LogP contribution in [0.1, 0.15) is 11.4 Å². The number of nitrogens with one attached hydrogen (secondary N) is 2. The van der Waals surface area contributed by atoms with E-state index in [-0.39, 0.29) is 49.4 Å². The van der Waals surface area contributed by atoms with E-state index in [9.17, 15) is 19.7 Å².